The number of hydrogen-bond donors (Lipinski definition) is 2. The van der Waals surface area contributed by atoms with Crippen LogP contribution in [0.1, 0.15) is 11.3 Å². The zero-order valence-corrected chi connectivity index (χ0v) is 13.8. The highest BCUT2D eigenvalue weighted by Crippen LogP contribution is 2.35. The molecule has 0 aliphatic carbocycles. The Balaban J connectivity index is 1.77. The number of carbonyl (C=O) groups is 1. The molecule has 0 radical (unpaired) electrons. The van der Waals surface area contributed by atoms with Gasteiger partial charge in [0.2, 0.25) is 0 Å². The Kier molecular flexibility index (Phi) is 5.12. The summed E-state index contributed by atoms with van der Waals surface area (Å²) in [5.41, 5.74) is -0.782. The summed E-state index contributed by atoms with van der Waals surface area (Å²) in [7, 11) is 0. The number of hydrogen-bond acceptors (Lipinski definition) is 5. The Labute approximate surface area is 152 Å². The number of likely N-dealkylation sites (tertiary alicyclic amines) is 1. The third-order valence-electron chi connectivity index (χ3n) is 4.00. The van der Waals surface area contributed by atoms with Crippen LogP contribution in [0, 0.1) is 11.8 Å². The van der Waals surface area contributed by atoms with Crippen LogP contribution in [0.4, 0.5) is 13.2 Å². The smallest absolute Gasteiger partial charge is 0.388 e. The molecule has 1 aromatic carbocycles. The van der Waals surface area contributed by atoms with Gasteiger partial charge in [0.15, 0.2) is 0 Å². The zero-order valence-electron chi connectivity index (χ0n) is 13.8. The summed E-state index contributed by atoms with van der Waals surface area (Å²) in [4.78, 5) is 21.0. The molecular formula is C18H14F3N3O3. The summed E-state index contributed by atoms with van der Waals surface area (Å²) in [6.45, 7) is -0.0406. The van der Waals surface area contributed by atoms with E-state index in [1.54, 1.807) is 0 Å². The van der Waals surface area contributed by atoms with Crippen LogP contribution in [0.25, 0.3) is 11.3 Å². The van der Waals surface area contributed by atoms with Gasteiger partial charge in [-0.05, 0) is 12.0 Å². The highest BCUT2D eigenvalue weighted by Gasteiger charge is 2.34. The number of β-amino-alcohol motifs (C(OH)–C–C–N with tert-alkyl or cyclic N) is 2. The molecule has 9 heteroatoms. The van der Waals surface area contributed by atoms with Crippen LogP contribution >= 0.6 is 0 Å². The number of nitrogens with zero attached hydrogens (tertiary/aromatic N) is 3. The van der Waals surface area contributed by atoms with Crippen LogP contribution in [0.2, 0.25) is 0 Å². The first kappa shape index (κ1) is 18.8. The van der Waals surface area contributed by atoms with E-state index in [4.69, 9.17) is 0 Å². The van der Waals surface area contributed by atoms with E-state index in [0.717, 1.165) is 12.3 Å². The van der Waals surface area contributed by atoms with Crippen molar-refractivity contribution in [1.29, 1.82) is 0 Å². The minimum atomic E-state index is -4.52. The maximum atomic E-state index is 13.1. The molecule has 0 unspecified atom stereocenters. The van der Waals surface area contributed by atoms with E-state index in [1.165, 1.54) is 29.3 Å². The van der Waals surface area contributed by atoms with E-state index in [0.29, 0.717) is 0 Å². The van der Waals surface area contributed by atoms with Gasteiger partial charge in [-0.3, -0.25) is 9.78 Å². The molecule has 2 aromatic rings. The van der Waals surface area contributed by atoms with Crippen LogP contribution in [-0.4, -0.2) is 56.3 Å². The summed E-state index contributed by atoms with van der Waals surface area (Å²) in [5.74, 6) is 4.19. The van der Waals surface area contributed by atoms with Gasteiger partial charge in [-0.1, -0.05) is 18.2 Å². The minimum Gasteiger partial charge on any atom is -0.388 e. The Hall–Kier alpha value is -2.96. The number of aromatic nitrogens is 2. The second kappa shape index (κ2) is 7.34. The quantitative estimate of drug-likeness (QED) is 0.727. The van der Waals surface area contributed by atoms with E-state index in [2.05, 4.69) is 21.8 Å². The average molecular weight is 377 g/mol. The molecule has 2 heterocycles. The summed E-state index contributed by atoms with van der Waals surface area (Å²) in [5, 5.41) is 18.9. The van der Waals surface area contributed by atoms with Gasteiger partial charge >= 0.3 is 6.18 Å². The molecule has 6 nitrogen and oxygen atoms in total. The maximum Gasteiger partial charge on any atom is 0.417 e. The normalized spacial score (nSPS) is 19.5. The van der Waals surface area contributed by atoms with E-state index in [1.807, 2.05) is 0 Å². The first-order valence-electron chi connectivity index (χ1n) is 7.91. The number of alkyl halides is 3. The number of benzene rings is 1. The van der Waals surface area contributed by atoms with Crippen LogP contribution < -0.4 is 0 Å². The lowest BCUT2D eigenvalue weighted by atomic mass is 10.0. The monoisotopic (exact) mass is 377 g/mol. The van der Waals surface area contributed by atoms with E-state index >= 15 is 0 Å². The van der Waals surface area contributed by atoms with Gasteiger partial charge in [-0.25, -0.2) is 4.98 Å². The fourth-order valence-corrected chi connectivity index (χ4v) is 2.62. The second-order valence-electron chi connectivity index (χ2n) is 5.93. The molecule has 0 saturated carbocycles. The highest BCUT2D eigenvalue weighted by atomic mass is 19.4. The molecule has 1 aromatic heterocycles. The highest BCUT2D eigenvalue weighted by molar-refractivity contribution is 5.94. The van der Waals surface area contributed by atoms with Crippen molar-refractivity contribution in [3.05, 3.63) is 47.9 Å². The average Bonchev–Trinajstić information content (AvgIpc) is 2.98. The molecule has 0 spiro atoms. The van der Waals surface area contributed by atoms with E-state index in [9.17, 15) is 28.2 Å². The van der Waals surface area contributed by atoms with Crippen LogP contribution in [0.5, 0.6) is 0 Å². The number of carbonyl (C=O) groups excluding carboxylic acids is 1. The third kappa shape index (κ3) is 4.24. The summed E-state index contributed by atoms with van der Waals surface area (Å²) in [6.07, 6.45) is -4.21. The van der Waals surface area contributed by atoms with Gasteiger partial charge in [0.25, 0.3) is 5.91 Å². The number of aliphatic hydroxyl groups is 2. The predicted molar refractivity (Wildman–Crippen MR) is 87.9 cm³/mol. The van der Waals surface area contributed by atoms with Crippen molar-refractivity contribution in [2.24, 2.45) is 0 Å². The Bertz CT molecular complexity index is 894. The molecule has 2 atom stereocenters. The largest absolute Gasteiger partial charge is 0.417 e. The zero-order chi connectivity index (χ0) is 19.6. The number of aliphatic hydroxyl groups excluding tert-OH is 2. The van der Waals surface area contributed by atoms with Crippen molar-refractivity contribution in [3.8, 4) is 23.1 Å². The van der Waals surface area contributed by atoms with Crippen molar-refractivity contribution >= 4 is 5.91 Å². The molecule has 3 rings (SSSR count). The summed E-state index contributed by atoms with van der Waals surface area (Å²) in [6, 6.07) is 5.02. The van der Waals surface area contributed by atoms with Crippen LogP contribution in [0.15, 0.2) is 36.7 Å². The summed E-state index contributed by atoms with van der Waals surface area (Å²) < 4.78 is 39.2. The molecule has 1 fully saturated rings. The number of amides is 1. The standard InChI is InChI=1S/C18H14F3N3O3/c19-18(20,21)13-4-2-1-3-12(13)14-8-22-11(7-23-14)5-6-17(27)24-9-15(25)16(26)10-24/h1-4,7-8,15-16,25-26H,9-10H2/t15-,16+. The summed E-state index contributed by atoms with van der Waals surface area (Å²) >= 11 is 0. The van der Waals surface area contributed by atoms with Crippen molar-refractivity contribution in [1.82, 2.24) is 14.9 Å². The van der Waals surface area contributed by atoms with Crippen LogP contribution in [-0.2, 0) is 11.0 Å². The van der Waals surface area contributed by atoms with Crippen molar-refractivity contribution in [2.45, 2.75) is 18.4 Å². The molecule has 140 valence electrons. The Morgan fingerprint density at radius 1 is 1.11 bits per heavy atom. The fourth-order valence-electron chi connectivity index (χ4n) is 2.62. The lowest BCUT2D eigenvalue weighted by Gasteiger charge is -2.11. The van der Waals surface area contributed by atoms with Gasteiger partial charge in [0, 0.05) is 11.5 Å². The van der Waals surface area contributed by atoms with Crippen molar-refractivity contribution < 1.29 is 28.2 Å². The molecule has 0 bridgehead atoms. The Morgan fingerprint density at radius 3 is 2.37 bits per heavy atom. The number of halogens is 3. The van der Waals surface area contributed by atoms with Gasteiger partial charge in [0.05, 0.1) is 48.9 Å². The van der Waals surface area contributed by atoms with Gasteiger partial charge < -0.3 is 15.1 Å². The van der Waals surface area contributed by atoms with Gasteiger partial charge in [-0.15, -0.1) is 0 Å². The molecule has 1 aliphatic rings. The van der Waals surface area contributed by atoms with Crippen molar-refractivity contribution in [2.75, 3.05) is 13.1 Å². The molecule has 27 heavy (non-hydrogen) atoms. The molecule has 2 N–H and O–H groups in total. The SMILES string of the molecule is O=C(C#Cc1cnc(-c2ccccc2C(F)(F)F)cn1)N1C[C@@H](O)[C@@H](O)C1. The van der Waals surface area contributed by atoms with E-state index in [-0.39, 0.29) is 30.0 Å². The Morgan fingerprint density at radius 2 is 1.78 bits per heavy atom. The second-order valence-corrected chi connectivity index (χ2v) is 5.93. The lowest BCUT2D eigenvalue weighted by Crippen LogP contribution is -2.28. The van der Waals surface area contributed by atoms with Gasteiger partial charge in [-0.2, -0.15) is 13.2 Å². The topological polar surface area (TPSA) is 86.6 Å². The first-order chi connectivity index (χ1) is 12.8. The maximum absolute atomic E-state index is 13.1. The van der Waals surface area contributed by atoms with Gasteiger partial charge in [0.1, 0.15) is 5.69 Å². The van der Waals surface area contributed by atoms with Crippen molar-refractivity contribution in [3.63, 3.8) is 0 Å². The fraction of sp³-hybridized carbons (Fsp3) is 0.278. The van der Waals surface area contributed by atoms with Crippen LogP contribution in [0.3, 0.4) is 0 Å². The molecule has 1 amide bonds. The lowest BCUT2D eigenvalue weighted by molar-refractivity contribution is -0.137. The number of rotatable bonds is 1. The molecular weight excluding hydrogens is 363 g/mol. The minimum absolute atomic E-state index is 0.0203. The van der Waals surface area contributed by atoms with E-state index < -0.39 is 29.9 Å². The molecule has 1 aliphatic heterocycles. The first-order valence-corrected chi connectivity index (χ1v) is 7.91. The third-order valence-corrected chi connectivity index (χ3v) is 4.00. The molecule has 1 saturated heterocycles. The predicted octanol–water partition coefficient (Wildman–Crippen LogP) is 1.08.